The van der Waals surface area contributed by atoms with Crippen LogP contribution in [-0.4, -0.2) is 87.1 Å². The number of ether oxygens (including phenoxy) is 1. The fourth-order valence-corrected chi connectivity index (χ4v) is 4.18. The van der Waals surface area contributed by atoms with E-state index in [9.17, 15) is 9.59 Å². The van der Waals surface area contributed by atoms with Gasteiger partial charge < -0.3 is 24.8 Å². The number of carbonyl (C=O) groups excluding carboxylic acids is 2. The van der Waals surface area contributed by atoms with Gasteiger partial charge in [-0.1, -0.05) is 11.6 Å². The van der Waals surface area contributed by atoms with Crippen molar-refractivity contribution in [2.75, 3.05) is 64.4 Å². The lowest BCUT2D eigenvalue weighted by molar-refractivity contribution is -0.149. The highest BCUT2D eigenvalue weighted by Gasteiger charge is 2.28. The summed E-state index contributed by atoms with van der Waals surface area (Å²) in [6.07, 6.45) is 1.47. The van der Waals surface area contributed by atoms with E-state index in [4.69, 9.17) is 16.3 Å². The van der Waals surface area contributed by atoms with E-state index < -0.39 is 0 Å². The van der Waals surface area contributed by atoms with Gasteiger partial charge in [0.2, 0.25) is 5.91 Å². The molecule has 0 bridgehead atoms. The summed E-state index contributed by atoms with van der Waals surface area (Å²) in [5.41, 5.74) is 1.13. The molecule has 1 aromatic carbocycles. The van der Waals surface area contributed by atoms with Crippen molar-refractivity contribution in [2.45, 2.75) is 19.8 Å². The molecule has 178 valence electrons. The van der Waals surface area contributed by atoms with Crippen molar-refractivity contribution in [3.63, 3.8) is 0 Å². The van der Waals surface area contributed by atoms with Gasteiger partial charge in [0.05, 0.1) is 19.1 Å². The highest BCUT2D eigenvalue weighted by Crippen LogP contribution is 2.20. The highest BCUT2D eigenvalue weighted by atomic mass is 127. The topological polar surface area (TPSA) is 77.5 Å². The van der Waals surface area contributed by atoms with Crippen LogP contribution >= 0.6 is 35.6 Å². The molecule has 10 heteroatoms. The average molecular weight is 578 g/mol. The number of guanidine groups is 1. The second-order valence-corrected chi connectivity index (χ2v) is 8.19. The minimum atomic E-state index is -0.113. The summed E-state index contributed by atoms with van der Waals surface area (Å²) in [6.45, 7) is 6.86. The summed E-state index contributed by atoms with van der Waals surface area (Å²) in [6, 6.07) is 7.80. The lowest BCUT2D eigenvalue weighted by Crippen LogP contribution is -2.53. The third-order valence-corrected chi connectivity index (χ3v) is 6.10. The maximum absolute atomic E-state index is 12.7. The number of piperidine rings is 1. The van der Waals surface area contributed by atoms with Crippen LogP contribution in [-0.2, 0) is 14.3 Å². The van der Waals surface area contributed by atoms with Crippen molar-refractivity contribution in [1.82, 2.24) is 15.1 Å². The van der Waals surface area contributed by atoms with Crippen molar-refractivity contribution in [3.8, 4) is 0 Å². The lowest BCUT2D eigenvalue weighted by atomic mass is 9.97. The number of halogens is 2. The number of rotatable bonds is 5. The molecule has 0 aromatic heterocycles. The van der Waals surface area contributed by atoms with E-state index in [0.29, 0.717) is 25.7 Å². The molecule has 2 saturated heterocycles. The van der Waals surface area contributed by atoms with Gasteiger partial charge in [0.15, 0.2) is 5.96 Å². The first-order valence-corrected chi connectivity index (χ1v) is 11.3. The van der Waals surface area contributed by atoms with E-state index in [1.807, 2.05) is 36.1 Å². The SMILES string of the molecule is CCOC(=O)C1CCN(C(=NC)NCC(=O)N2CCN(c3ccc(Cl)cc3)CC2)CC1.I. The third-order valence-electron chi connectivity index (χ3n) is 5.85. The number of benzene rings is 1. The summed E-state index contributed by atoms with van der Waals surface area (Å²) in [4.78, 5) is 35.2. The smallest absolute Gasteiger partial charge is 0.309 e. The molecule has 0 atom stereocenters. The van der Waals surface area contributed by atoms with Crippen LogP contribution in [0.4, 0.5) is 5.69 Å². The summed E-state index contributed by atoms with van der Waals surface area (Å²) >= 11 is 5.97. The van der Waals surface area contributed by atoms with Crippen LogP contribution in [0.15, 0.2) is 29.3 Å². The second-order valence-electron chi connectivity index (χ2n) is 7.76. The average Bonchev–Trinajstić information content (AvgIpc) is 2.80. The van der Waals surface area contributed by atoms with Gasteiger partial charge in [0.1, 0.15) is 0 Å². The van der Waals surface area contributed by atoms with Crippen LogP contribution in [0.2, 0.25) is 5.02 Å². The summed E-state index contributed by atoms with van der Waals surface area (Å²) in [7, 11) is 1.72. The number of anilines is 1. The van der Waals surface area contributed by atoms with Crippen molar-refractivity contribution in [3.05, 3.63) is 29.3 Å². The summed E-state index contributed by atoms with van der Waals surface area (Å²) in [5.74, 6) is 0.611. The predicted octanol–water partition coefficient (Wildman–Crippen LogP) is 2.46. The Morgan fingerprint density at radius 2 is 1.69 bits per heavy atom. The van der Waals surface area contributed by atoms with Crippen LogP contribution in [0, 0.1) is 5.92 Å². The Morgan fingerprint density at radius 1 is 1.06 bits per heavy atom. The minimum Gasteiger partial charge on any atom is -0.466 e. The van der Waals surface area contributed by atoms with Gasteiger partial charge in [0.25, 0.3) is 0 Å². The maximum Gasteiger partial charge on any atom is 0.309 e. The first kappa shape index (κ1) is 26.5. The quantitative estimate of drug-likeness (QED) is 0.251. The molecule has 1 N–H and O–H groups in total. The van der Waals surface area contributed by atoms with Gasteiger partial charge in [-0.25, -0.2) is 0 Å². The number of amides is 1. The number of likely N-dealkylation sites (tertiary alicyclic amines) is 1. The van der Waals surface area contributed by atoms with E-state index in [2.05, 4.69) is 20.1 Å². The van der Waals surface area contributed by atoms with E-state index in [1.54, 1.807) is 7.05 Å². The molecule has 1 aromatic rings. The molecule has 2 fully saturated rings. The molecule has 3 rings (SSSR count). The van der Waals surface area contributed by atoms with E-state index in [1.165, 1.54) is 0 Å². The monoisotopic (exact) mass is 577 g/mol. The lowest BCUT2D eigenvalue weighted by Gasteiger charge is -2.37. The Kier molecular flexibility index (Phi) is 10.8. The predicted molar refractivity (Wildman–Crippen MR) is 138 cm³/mol. The molecule has 0 radical (unpaired) electrons. The number of aliphatic imine (C=N–C) groups is 1. The Hall–Kier alpha value is -1.75. The number of nitrogens with one attached hydrogen (secondary N) is 1. The van der Waals surface area contributed by atoms with Gasteiger partial charge in [-0.15, -0.1) is 24.0 Å². The molecule has 0 aliphatic carbocycles. The van der Waals surface area contributed by atoms with Gasteiger partial charge in [-0.05, 0) is 44.0 Å². The van der Waals surface area contributed by atoms with Crippen molar-refractivity contribution in [2.24, 2.45) is 10.9 Å². The number of esters is 1. The fraction of sp³-hybridized carbons (Fsp3) is 0.591. The van der Waals surface area contributed by atoms with Crippen LogP contribution in [0.5, 0.6) is 0 Å². The minimum absolute atomic E-state index is 0. The Balaban J connectivity index is 0.00000363. The number of hydrogen-bond donors (Lipinski definition) is 1. The molecule has 2 aliphatic rings. The van der Waals surface area contributed by atoms with E-state index in [0.717, 1.165) is 49.7 Å². The number of piperazine rings is 1. The molecule has 8 nitrogen and oxygen atoms in total. The molecule has 0 unspecified atom stereocenters. The maximum atomic E-state index is 12.7. The van der Waals surface area contributed by atoms with Crippen molar-refractivity contribution >= 4 is 59.1 Å². The molecular formula is C22H33ClIN5O3. The first-order chi connectivity index (χ1) is 15.0. The van der Waals surface area contributed by atoms with Crippen LogP contribution in [0.1, 0.15) is 19.8 Å². The molecule has 32 heavy (non-hydrogen) atoms. The van der Waals surface area contributed by atoms with Crippen LogP contribution in [0.3, 0.4) is 0 Å². The normalized spacial score (nSPS) is 17.6. The fourth-order valence-electron chi connectivity index (χ4n) is 4.05. The second kappa shape index (κ2) is 13.1. The zero-order chi connectivity index (χ0) is 22.2. The van der Waals surface area contributed by atoms with Gasteiger partial charge in [-0.2, -0.15) is 0 Å². The molecule has 0 saturated carbocycles. The van der Waals surface area contributed by atoms with Gasteiger partial charge in [0, 0.05) is 57.0 Å². The Morgan fingerprint density at radius 3 is 2.25 bits per heavy atom. The summed E-state index contributed by atoms with van der Waals surface area (Å²) < 4.78 is 5.13. The number of nitrogens with zero attached hydrogens (tertiary/aromatic N) is 4. The highest BCUT2D eigenvalue weighted by molar-refractivity contribution is 14.0. The van der Waals surface area contributed by atoms with E-state index >= 15 is 0 Å². The Bertz CT molecular complexity index is 776. The summed E-state index contributed by atoms with van der Waals surface area (Å²) in [5, 5.41) is 3.92. The largest absolute Gasteiger partial charge is 0.466 e. The zero-order valence-corrected chi connectivity index (χ0v) is 21.8. The zero-order valence-electron chi connectivity index (χ0n) is 18.8. The number of hydrogen-bond acceptors (Lipinski definition) is 5. The van der Waals surface area contributed by atoms with Crippen molar-refractivity contribution < 1.29 is 14.3 Å². The van der Waals surface area contributed by atoms with Gasteiger partial charge >= 0.3 is 5.97 Å². The number of carbonyl (C=O) groups is 2. The molecule has 2 heterocycles. The Labute approximate surface area is 212 Å². The van der Waals surface area contributed by atoms with E-state index in [-0.39, 0.29) is 48.3 Å². The molecule has 0 spiro atoms. The van der Waals surface area contributed by atoms with Crippen LogP contribution < -0.4 is 10.2 Å². The van der Waals surface area contributed by atoms with Crippen molar-refractivity contribution in [1.29, 1.82) is 0 Å². The molecular weight excluding hydrogens is 545 g/mol. The molecule has 2 aliphatic heterocycles. The molecule has 1 amide bonds. The van der Waals surface area contributed by atoms with Gasteiger partial charge in [-0.3, -0.25) is 14.6 Å². The third kappa shape index (κ3) is 7.13. The van der Waals surface area contributed by atoms with Crippen LogP contribution in [0.25, 0.3) is 0 Å². The first-order valence-electron chi connectivity index (χ1n) is 10.9. The standard InChI is InChI=1S/C22H32ClN5O3.HI/c1-3-31-21(30)17-8-10-28(11-9-17)22(24-2)25-16-20(29)27-14-12-26(13-15-27)19-6-4-18(23)5-7-19;/h4-7,17H,3,8-16H2,1-2H3,(H,24,25);1H.